The molecule has 1 saturated carbocycles. The lowest BCUT2D eigenvalue weighted by atomic mass is 9.93. The molecule has 1 amide bonds. The number of carbonyl (C=O) groups is 1. The molecule has 1 fully saturated rings. The van der Waals surface area contributed by atoms with Crippen molar-refractivity contribution in [1.29, 1.82) is 0 Å². The Balaban J connectivity index is 2.00. The van der Waals surface area contributed by atoms with Crippen molar-refractivity contribution >= 4 is 21.8 Å². The summed E-state index contributed by atoms with van der Waals surface area (Å²) in [4.78, 5) is 11.9. The molecule has 2 unspecified atom stereocenters. The van der Waals surface area contributed by atoms with Gasteiger partial charge in [-0.15, -0.1) is 0 Å². The molecule has 2 rings (SSSR count). The summed E-state index contributed by atoms with van der Waals surface area (Å²) >= 11 is 3.05. The predicted octanol–water partition coefficient (Wildman–Crippen LogP) is 2.62. The Kier molecular flexibility index (Phi) is 4.35. The van der Waals surface area contributed by atoms with Crippen LogP contribution in [-0.2, 0) is 0 Å². The molecule has 0 bridgehead atoms. The van der Waals surface area contributed by atoms with E-state index in [1.807, 2.05) is 0 Å². The van der Waals surface area contributed by atoms with Gasteiger partial charge in [-0.25, -0.2) is 4.39 Å². The van der Waals surface area contributed by atoms with Crippen molar-refractivity contribution in [1.82, 2.24) is 5.32 Å². The second-order valence-electron chi connectivity index (χ2n) is 4.62. The Morgan fingerprint density at radius 3 is 2.89 bits per heavy atom. The Hall–Kier alpha value is -0.940. The lowest BCUT2D eigenvalue weighted by Crippen LogP contribution is -2.39. The summed E-state index contributed by atoms with van der Waals surface area (Å²) in [6, 6.07) is 4.27. The minimum Gasteiger partial charge on any atom is -0.393 e. The van der Waals surface area contributed by atoms with Crippen molar-refractivity contribution in [3.63, 3.8) is 0 Å². The molecule has 0 aliphatic heterocycles. The van der Waals surface area contributed by atoms with Gasteiger partial charge in [0.25, 0.3) is 5.91 Å². The summed E-state index contributed by atoms with van der Waals surface area (Å²) in [7, 11) is 0. The van der Waals surface area contributed by atoms with Gasteiger partial charge in [-0.1, -0.05) is 0 Å². The summed E-state index contributed by atoms with van der Waals surface area (Å²) < 4.78 is 13.7. The van der Waals surface area contributed by atoms with E-state index in [1.54, 1.807) is 6.07 Å². The molecule has 0 saturated heterocycles. The smallest absolute Gasteiger partial charge is 0.251 e. The minimum absolute atomic E-state index is 0.0204. The molecular weight excluding hydrogens is 301 g/mol. The molecule has 0 spiro atoms. The third kappa shape index (κ3) is 3.29. The number of benzene rings is 1. The first-order valence-electron chi connectivity index (χ1n) is 6.00. The first-order valence-corrected chi connectivity index (χ1v) is 6.79. The van der Waals surface area contributed by atoms with E-state index in [0.717, 1.165) is 19.3 Å². The maximum atomic E-state index is 13.3. The molecule has 1 aliphatic rings. The van der Waals surface area contributed by atoms with Gasteiger partial charge >= 0.3 is 0 Å². The third-order valence-electron chi connectivity index (χ3n) is 3.16. The highest BCUT2D eigenvalue weighted by Crippen LogP contribution is 2.20. The molecular formula is C13H15BrFNO2. The first kappa shape index (κ1) is 13.5. The zero-order valence-corrected chi connectivity index (χ0v) is 11.4. The number of rotatable bonds is 2. The lowest BCUT2D eigenvalue weighted by molar-refractivity contribution is 0.0849. The van der Waals surface area contributed by atoms with Crippen LogP contribution in [0.25, 0.3) is 0 Å². The van der Waals surface area contributed by atoms with E-state index in [9.17, 15) is 14.3 Å². The SMILES string of the molecule is O=C(NC1CCCC(O)C1)c1ccc(Br)c(F)c1. The number of nitrogens with one attached hydrogen (secondary N) is 1. The van der Waals surface area contributed by atoms with E-state index in [-0.39, 0.29) is 18.1 Å². The van der Waals surface area contributed by atoms with E-state index in [0.29, 0.717) is 16.5 Å². The van der Waals surface area contributed by atoms with Crippen LogP contribution in [0.5, 0.6) is 0 Å². The zero-order chi connectivity index (χ0) is 13.1. The van der Waals surface area contributed by atoms with Crippen LogP contribution < -0.4 is 5.32 Å². The van der Waals surface area contributed by atoms with Crippen molar-refractivity contribution < 1.29 is 14.3 Å². The van der Waals surface area contributed by atoms with E-state index in [4.69, 9.17) is 0 Å². The number of aliphatic hydroxyl groups is 1. The van der Waals surface area contributed by atoms with Gasteiger partial charge in [-0.2, -0.15) is 0 Å². The topological polar surface area (TPSA) is 49.3 Å². The summed E-state index contributed by atoms with van der Waals surface area (Å²) in [5.41, 5.74) is 0.302. The predicted molar refractivity (Wildman–Crippen MR) is 69.8 cm³/mol. The Morgan fingerprint density at radius 2 is 2.22 bits per heavy atom. The maximum absolute atomic E-state index is 13.3. The van der Waals surface area contributed by atoms with Crippen LogP contribution in [0, 0.1) is 5.82 Å². The molecule has 2 atom stereocenters. The number of carbonyl (C=O) groups excluding carboxylic acids is 1. The summed E-state index contributed by atoms with van der Waals surface area (Å²) in [5.74, 6) is -0.744. The van der Waals surface area contributed by atoms with Crippen LogP contribution in [0.4, 0.5) is 4.39 Å². The largest absolute Gasteiger partial charge is 0.393 e. The summed E-state index contributed by atoms with van der Waals surface area (Å²) in [5, 5.41) is 12.4. The highest BCUT2D eigenvalue weighted by Gasteiger charge is 2.22. The highest BCUT2D eigenvalue weighted by molar-refractivity contribution is 9.10. The summed E-state index contributed by atoms with van der Waals surface area (Å²) in [6.07, 6.45) is 2.79. The Bertz CT molecular complexity index is 453. The van der Waals surface area contributed by atoms with Gasteiger partial charge in [0.1, 0.15) is 5.82 Å². The van der Waals surface area contributed by atoms with Gasteiger partial charge in [-0.05, 0) is 59.8 Å². The Morgan fingerprint density at radius 1 is 1.44 bits per heavy atom. The molecule has 2 N–H and O–H groups in total. The molecule has 1 aromatic rings. The van der Waals surface area contributed by atoms with Crippen molar-refractivity contribution in [3.05, 3.63) is 34.1 Å². The molecule has 0 radical (unpaired) electrons. The first-order chi connectivity index (χ1) is 8.56. The van der Waals surface area contributed by atoms with Crippen LogP contribution in [0.15, 0.2) is 22.7 Å². The third-order valence-corrected chi connectivity index (χ3v) is 3.81. The van der Waals surface area contributed by atoms with Crippen LogP contribution in [0.2, 0.25) is 0 Å². The van der Waals surface area contributed by atoms with Gasteiger partial charge in [0.2, 0.25) is 0 Å². The number of amides is 1. The second-order valence-corrected chi connectivity index (χ2v) is 5.47. The number of hydrogen-bond acceptors (Lipinski definition) is 2. The van der Waals surface area contributed by atoms with Crippen molar-refractivity contribution in [3.8, 4) is 0 Å². The number of hydrogen-bond donors (Lipinski definition) is 2. The van der Waals surface area contributed by atoms with Crippen LogP contribution in [-0.4, -0.2) is 23.2 Å². The van der Waals surface area contributed by atoms with E-state index >= 15 is 0 Å². The zero-order valence-electron chi connectivity index (χ0n) is 9.83. The van der Waals surface area contributed by atoms with Crippen LogP contribution >= 0.6 is 15.9 Å². The maximum Gasteiger partial charge on any atom is 0.251 e. The molecule has 1 aromatic carbocycles. The second kappa shape index (κ2) is 5.80. The standard InChI is InChI=1S/C13H15BrFNO2/c14-11-5-4-8(6-12(11)15)13(18)16-9-2-1-3-10(17)7-9/h4-6,9-10,17H,1-3,7H2,(H,16,18). The molecule has 0 aromatic heterocycles. The molecule has 1 aliphatic carbocycles. The molecule has 0 heterocycles. The minimum atomic E-state index is -0.452. The average Bonchev–Trinajstić information content (AvgIpc) is 2.32. The fourth-order valence-corrected chi connectivity index (χ4v) is 2.45. The monoisotopic (exact) mass is 315 g/mol. The lowest BCUT2D eigenvalue weighted by Gasteiger charge is -2.26. The van der Waals surface area contributed by atoms with E-state index in [2.05, 4.69) is 21.2 Å². The fraction of sp³-hybridized carbons (Fsp3) is 0.462. The molecule has 18 heavy (non-hydrogen) atoms. The van der Waals surface area contributed by atoms with Crippen LogP contribution in [0.1, 0.15) is 36.0 Å². The number of halogens is 2. The number of aliphatic hydroxyl groups excluding tert-OH is 1. The molecule has 98 valence electrons. The van der Waals surface area contributed by atoms with Gasteiger partial charge in [-0.3, -0.25) is 4.79 Å². The van der Waals surface area contributed by atoms with Gasteiger partial charge in [0.05, 0.1) is 10.6 Å². The van der Waals surface area contributed by atoms with E-state index < -0.39 is 5.82 Å². The van der Waals surface area contributed by atoms with Gasteiger partial charge in [0.15, 0.2) is 0 Å². The normalized spacial score (nSPS) is 23.7. The van der Waals surface area contributed by atoms with Gasteiger partial charge in [0, 0.05) is 11.6 Å². The average molecular weight is 316 g/mol. The van der Waals surface area contributed by atoms with Crippen molar-refractivity contribution in [2.45, 2.75) is 37.8 Å². The quantitative estimate of drug-likeness (QED) is 0.881. The summed E-state index contributed by atoms with van der Waals surface area (Å²) in [6.45, 7) is 0. The van der Waals surface area contributed by atoms with Crippen molar-refractivity contribution in [2.75, 3.05) is 0 Å². The highest BCUT2D eigenvalue weighted by atomic mass is 79.9. The fourth-order valence-electron chi connectivity index (χ4n) is 2.20. The van der Waals surface area contributed by atoms with Crippen LogP contribution in [0.3, 0.4) is 0 Å². The molecule has 5 heteroatoms. The Labute approximate surface area is 114 Å². The van der Waals surface area contributed by atoms with E-state index in [1.165, 1.54) is 12.1 Å². The van der Waals surface area contributed by atoms with Crippen molar-refractivity contribution in [2.24, 2.45) is 0 Å². The van der Waals surface area contributed by atoms with Gasteiger partial charge < -0.3 is 10.4 Å². The molecule has 3 nitrogen and oxygen atoms in total.